The molecule has 0 atom stereocenters. The molecule has 2 aromatic carbocycles. The van der Waals surface area contributed by atoms with E-state index in [0.29, 0.717) is 42.6 Å². The number of carbonyl (C=O) groups is 1. The van der Waals surface area contributed by atoms with Gasteiger partial charge in [-0.3, -0.25) is 4.79 Å². The van der Waals surface area contributed by atoms with Crippen molar-refractivity contribution in [3.8, 4) is 22.8 Å². The topological polar surface area (TPSA) is 76.2 Å². The number of carbonyl (C=O) groups excluding carboxylic acids is 1. The summed E-state index contributed by atoms with van der Waals surface area (Å²) in [4.78, 5) is 19.9. The number of H-pyrrole nitrogens is 1. The van der Waals surface area contributed by atoms with Crippen LogP contribution >= 0.6 is 0 Å². The summed E-state index contributed by atoms with van der Waals surface area (Å²) in [7, 11) is 0. The Labute approximate surface area is 144 Å². The Balaban J connectivity index is 1.41. The lowest BCUT2D eigenvalue weighted by Gasteiger charge is -2.18. The molecule has 25 heavy (non-hydrogen) atoms. The fourth-order valence-electron chi connectivity index (χ4n) is 2.67. The van der Waals surface area contributed by atoms with E-state index in [0.717, 1.165) is 11.3 Å². The van der Waals surface area contributed by atoms with Crippen molar-refractivity contribution in [2.24, 2.45) is 0 Å². The first-order valence-electron chi connectivity index (χ1n) is 8.07. The van der Waals surface area contributed by atoms with Crippen molar-refractivity contribution in [2.75, 3.05) is 13.2 Å². The number of imidazole rings is 1. The Morgan fingerprint density at radius 1 is 1.08 bits per heavy atom. The van der Waals surface area contributed by atoms with E-state index in [1.165, 1.54) is 0 Å². The van der Waals surface area contributed by atoms with Crippen LogP contribution in [0.5, 0.6) is 11.5 Å². The second-order valence-electron chi connectivity index (χ2n) is 5.65. The number of rotatable bonds is 4. The van der Waals surface area contributed by atoms with E-state index >= 15 is 0 Å². The Kier molecular flexibility index (Phi) is 4.08. The fraction of sp³-hybridized carbons (Fsp3) is 0.158. The lowest BCUT2D eigenvalue weighted by molar-refractivity contribution is 0.0948. The molecule has 1 aliphatic heterocycles. The quantitative estimate of drug-likeness (QED) is 0.769. The Morgan fingerprint density at radius 2 is 1.88 bits per heavy atom. The van der Waals surface area contributed by atoms with E-state index in [4.69, 9.17) is 9.47 Å². The molecule has 126 valence electrons. The van der Waals surface area contributed by atoms with Gasteiger partial charge in [0.1, 0.15) is 19.0 Å². The standard InChI is InChI=1S/C19H17N3O3/c23-19(14-6-7-16-17(10-14)25-9-8-24-16)21-12-18-20-11-15(22-18)13-4-2-1-3-5-13/h1-7,10-11H,8-9,12H2,(H,20,22)(H,21,23). The SMILES string of the molecule is O=C(NCc1ncc(-c2ccccc2)[nH]1)c1ccc2c(c1)OCCO2. The number of fused-ring (bicyclic) bond motifs is 1. The second kappa shape index (κ2) is 6.68. The number of ether oxygens (including phenoxy) is 2. The van der Waals surface area contributed by atoms with Gasteiger partial charge < -0.3 is 19.8 Å². The van der Waals surface area contributed by atoms with Gasteiger partial charge in [-0.2, -0.15) is 0 Å². The smallest absolute Gasteiger partial charge is 0.251 e. The average Bonchev–Trinajstić information content (AvgIpc) is 3.15. The summed E-state index contributed by atoms with van der Waals surface area (Å²) < 4.78 is 11.0. The minimum Gasteiger partial charge on any atom is -0.486 e. The van der Waals surface area contributed by atoms with Crippen LogP contribution in [-0.2, 0) is 6.54 Å². The van der Waals surface area contributed by atoms with E-state index < -0.39 is 0 Å². The minimum absolute atomic E-state index is 0.186. The number of nitrogens with zero attached hydrogens (tertiary/aromatic N) is 1. The molecule has 0 bridgehead atoms. The molecule has 1 amide bonds. The van der Waals surface area contributed by atoms with E-state index in [-0.39, 0.29) is 5.91 Å². The van der Waals surface area contributed by atoms with E-state index in [2.05, 4.69) is 15.3 Å². The fourth-order valence-corrected chi connectivity index (χ4v) is 2.67. The zero-order valence-corrected chi connectivity index (χ0v) is 13.5. The number of benzene rings is 2. The van der Waals surface area contributed by atoms with Gasteiger partial charge in [-0.05, 0) is 23.8 Å². The third kappa shape index (κ3) is 3.33. The predicted molar refractivity (Wildman–Crippen MR) is 92.6 cm³/mol. The van der Waals surface area contributed by atoms with Gasteiger partial charge in [0.2, 0.25) is 0 Å². The Hall–Kier alpha value is -3.28. The molecule has 0 saturated carbocycles. The first kappa shape index (κ1) is 15.3. The summed E-state index contributed by atoms with van der Waals surface area (Å²) in [5.74, 6) is 1.78. The lowest BCUT2D eigenvalue weighted by atomic mass is 10.2. The van der Waals surface area contributed by atoms with Crippen LogP contribution < -0.4 is 14.8 Å². The molecule has 2 N–H and O–H groups in total. The molecule has 2 heterocycles. The largest absolute Gasteiger partial charge is 0.486 e. The van der Waals surface area contributed by atoms with Gasteiger partial charge in [0, 0.05) is 5.56 Å². The summed E-state index contributed by atoms with van der Waals surface area (Å²) in [5, 5.41) is 2.86. The highest BCUT2D eigenvalue weighted by molar-refractivity contribution is 5.94. The summed E-state index contributed by atoms with van der Waals surface area (Å²) in [6.45, 7) is 1.34. The monoisotopic (exact) mass is 335 g/mol. The molecule has 3 aromatic rings. The van der Waals surface area contributed by atoms with Gasteiger partial charge in [-0.1, -0.05) is 30.3 Å². The maximum absolute atomic E-state index is 12.3. The maximum Gasteiger partial charge on any atom is 0.251 e. The lowest BCUT2D eigenvalue weighted by Crippen LogP contribution is -2.24. The van der Waals surface area contributed by atoms with Crippen LogP contribution in [0.1, 0.15) is 16.2 Å². The maximum atomic E-state index is 12.3. The van der Waals surface area contributed by atoms with Crippen molar-refractivity contribution >= 4 is 5.91 Å². The molecular weight excluding hydrogens is 318 g/mol. The van der Waals surface area contributed by atoms with Crippen molar-refractivity contribution in [1.82, 2.24) is 15.3 Å². The van der Waals surface area contributed by atoms with Crippen molar-refractivity contribution in [1.29, 1.82) is 0 Å². The van der Waals surface area contributed by atoms with Gasteiger partial charge in [-0.25, -0.2) is 4.98 Å². The number of nitrogens with one attached hydrogen (secondary N) is 2. The van der Waals surface area contributed by atoms with Crippen molar-refractivity contribution < 1.29 is 14.3 Å². The molecule has 0 radical (unpaired) electrons. The van der Waals surface area contributed by atoms with E-state index in [1.807, 2.05) is 30.3 Å². The van der Waals surface area contributed by atoms with Crippen LogP contribution in [0, 0.1) is 0 Å². The molecule has 4 rings (SSSR count). The van der Waals surface area contributed by atoms with Crippen molar-refractivity contribution in [3.63, 3.8) is 0 Å². The van der Waals surface area contributed by atoms with Gasteiger partial charge in [0.05, 0.1) is 18.4 Å². The summed E-state index contributed by atoms with van der Waals surface area (Å²) in [6.07, 6.45) is 1.76. The molecule has 0 aliphatic carbocycles. The number of aromatic nitrogens is 2. The average molecular weight is 335 g/mol. The number of amides is 1. The summed E-state index contributed by atoms with van der Waals surface area (Å²) in [6, 6.07) is 15.1. The molecule has 0 saturated heterocycles. The molecule has 1 aromatic heterocycles. The molecule has 0 spiro atoms. The highest BCUT2D eigenvalue weighted by Gasteiger charge is 2.15. The Morgan fingerprint density at radius 3 is 2.72 bits per heavy atom. The second-order valence-corrected chi connectivity index (χ2v) is 5.65. The normalized spacial score (nSPS) is 12.6. The van der Waals surface area contributed by atoms with Crippen LogP contribution in [-0.4, -0.2) is 29.1 Å². The zero-order valence-electron chi connectivity index (χ0n) is 13.5. The summed E-state index contributed by atoms with van der Waals surface area (Å²) >= 11 is 0. The first-order valence-corrected chi connectivity index (χ1v) is 8.07. The molecular formula is C19H17N3O3. The predicted octanol–water partition coefficient (Wildman–Crippen LogP) is 2.78. The molecule has 6 nitrogen and oxygen atoms in total. The van der Waals surface area contributed by atoms with Crippen LogP contribution in [0.3, 0.4) is 0 Å². The van der Waals surface area contributed by atoms with Gasteiger partial charge >= 0.3 is 0 Å². The third-order valence-corrected chi connectivity index (χ3v) is 3.93. The van der Waals surface area contributed by atoms with Gasteiger partial charge in [0.15, 0.2) is 11.5 Å². The van der Waals surface area contributed by atoms with E-state index in [9.17, 15) is 4.79 Å². The summed E-state index contributed by atoms with van der Waals surface area (Å²) in [5.41, 5.74) is 2.50. The minimum atomic E-state index is -0.186. The number of aromatic amines is 1. The van der Waals surface area contributed by atoms with Crippen LogP contribution in [0.4, 0.5) is 0 Å². The molecule has 0 unspecified atom stereocenters. The first-order chi connectivity index (χ1) is 12.3. The van der Waals surface area contributed by atoms with Crippen LogP contribution in [0.25, 0.3) is 11.3 Å². The third-order valence-electron chi connectivity index (χ3n) is 3.93. The van der Waals surface area contributed by atoms with E-state index in [1.54, 1.807) is 24.4 Å². The highest BCUT2D eigenvalue weighted by atomic mass is 16.6. The van der Waals surface area contributed by atoms with Gasteiger partial charge in [-0.15, -0.1) is 0 Å². The zero-order chi connectivity index (χ0) is 17.1. The number of hydrogen-bond donors (Lipinski definition) is 2. The number of hydrogen-bond acceptors (Lipinski definition) is 4. The Bertz CT molecular complexity index is 890. The molecule has 0 fully saturated rings. The van der Waals surface area contributed by atoms with Crippen molar-refractivity contribution in [3.05, 3.63) is 66.1 Å². The van der Waals surface area contributed by atoms with Crippen LogP contribution in [0.2, 0.25) is 0 Å². The van der Waals surface area contributed by atoms with Crippen LogP contribution in [0.15, 0.2) is 54.7 Å². The highest BCUT2D eigenvalue weighted by Crippen LogP contribution is 2.30. The van der Waals surface area contributed by atoms with Gasteiger partial charge in [0.25, 0.3) is 5.91 Å². The van der Waals surface area contributed by atoms with Crippen molar-refractivity contribution in [2.45, 2.75) is 6.54 Å². The molecule has 1 aliphatic rings. The molecule has 6 heteroatoms.